The Bertz CT molecular complexity index is 756. The van der Waals surface area contributed by atoms with Crippen molar-refractivity contribution in [2.45, 2.75) is 44.3 Å². The Balaban J connectivity index is 2.15. The number of hydrogen-bond acceptors (Lipinski definition) is 5. The second-order valence-corrected chi connectivity index (χ2v) is 6.63. The molecule has 0 unspecified atom stereocenters. The molecule has 134 valence electrons. The third-order valence-electron chi connectivity index (χ3n) is 4.81. The number of benzene rings is 2. The second-order valence-electron chi connectivity index (χ2n) is 6.63. The number of hydrogen-bond donors (Lipinski definition) is 4. The summed E-state index contributed by atoms with van der Waals surface area (Å²) in [7, 11) is 1.50. The number of rotatable bonds is 1. The van der Waals surface area contributed by atoms with Crippen molar-refractivity contribution in [2.24, 2.45) is 0 Å². The van der Waals surface area contributed by atoms with Crippen LogP contribution in [0.25, 0.3) is 11.1 Å². The van der Waals surface area contributed by atoms with Gasteiger partial charge in [-0.15, -0.1) is 0 Å². The van der Waals surface area contributed by atoms with Crippen LogP contribution in [0.4, 0.5) is 0 Å². The van der Waals surface area contributed by atoms with Crippen molar-refractivity contribution in [3.05, 3.63) is 41.5 Å². The second kappa shape index (κ2) is 7.33. The molecule has 0 heterocycles. The number of fused-ring (bicyclic) bond motifs is 5. The molecule has 0 aromatic heterocycles. The topological polar surface area (TPSA) is 90.2 Å². The molecule has 3 rings (SSSR count). The van der Waals surface area contributed by atoms with E-state index in [-0.39, 0.29) is 17.9 Å². The molecule has 0 saturated heterocycles. The van der Waals surface area contributed by atoms with Gasteiger partial charge in [-0.3, -0.25) is 0 Å². The van der Waals surface area contributed by atoms with E-state index in [1.54, 1.807) is 24.3 Å². The largest absolute Gasteiger partial charge is 0.507 e. The maximum atomic E-state index is 10.5. The van der Waals surface area contributed by atoms with Gasteiger partial charge in [0.05, 0.1) is 19.3 Å². The van der Waals surface area contributed by atoms with E-state index in [9.17, 15) is 20.4 Å². The minimum Gasteiger partial charge on any atom is -0.507 e. The molecule has 0 radical (unpaired) electrons. The summed E-state index contributed by atoms with van der Waals surface area (Å²) in [6.07, 6.45) is 1.58. The zero-order valence-electron chi connectivity index (χ0n) is 14.3. The fourth-order valence-electron chi connectivity index (χ4n) is 3.35. The van der Waals surface area contributed by atoms with Crippen LogP contribution in [0.5, 0.6) is 17.2 Å². The van der Waals surface area contributed by atoms with Crippen LogP contribution in [-0.2, 0) is 12.8 Å². The van der Waals surface area contributed by atoms with E-state index in [1.165, 1.54) is 7.11 Å². The first kappa shape index (κ1) is 17.6. The zero-order chi connectivity index (χ0) is 18.0. The highest BCUT2D eigenvalue weighted by molar-refractivity contribution is 5.79. The molecular weight excluding hydrogens is 320 g/mol. The summed E-state index contributed by atoms with van der Waals surface area (Å²) in [6.45, 7) is 0. The van der Waals surface area contributed by atoms with Crippen LogP contribution in [0.2, 0.25) is 0 Å². The summed E-state index contributed by atoms with van der Waals surface area (Å²) in [5.41, 5.74) is 2.75. The van der Waals surface area contributed by atoms with Gasteiger partial charge < -0.3 is 25.2 Å². The summed E-state index contributed by atoms with van der Waals surface area (Å²) in [5, 5.41) is 41.2. The lowest BCUT2D eigenvalue weighted by Gasteiger charge is -2.18. The molecule has 0 aliphatic heterocycles. The maximum absolute atomic E-state index is 10.5. The Hall–Kier alpha value is -2.24. The van der Waals surface area contributed by atoms with Gasteiger partial charge in [0.15, 0.2) is 11.5 Å². The van der Waals surface area contributed by atoms with E-state index < -0.39 is 12.2 Å². The first-order valence-corrected chi connectivity index (χ1v) is 8.58. The standard InChI is InChI=1S/C20H24O5/c1-25-19-11-12-4-2-3-5-17(22)18(23)10-13-6-7-16(21)14(8-13)15(9-12)20(19)24/h6-9,11,17-18,21-24H,2-5,10H2,1H3/t17-,18-/m1/s1. The Labute approximate surface area is 147 Å². The number of phenolic OH excluding ortho intramolecular Hbond substituents is 2. The Morgan fingerprint density at radius 1 is 0.920 bits per heavy atom. The fourth-order valence-corrected chi connectivity index (χ4v) is 3.35. The van der Waals surface area contributed by atoms with Crippen LogP contribution in [0, 0.1) is 0 Å². The average molecular weight is 344 g/mol. The third-order valence-corrected chi connectivity index (χ3v) is 4.81. The van der Waals surface area contributed by atoms with Gasteiger partial charge in [-0.25, -0.2) is 0 Å². The van der Waals surface area contributed by atoms with Gasteiger partial charge in [0, 0.05) is 17.5 Å². The summed E-state index contributed by atoms with van der Waals surface area (Å²) in [6, 6.07) is 8.65. The molecule has 1 aliphatic rings. The first-order valence-electron chi connectivity index (χ1n) is 8.58. The molecule has 0 fully saturated rings. The van der Waals surface area contributed by atoms with Crippen molar-refractivity contribution < 1.29 is 25.2 Å². The molecule has 25 heavy (non-hydrogen) atoms. The van der Waals surface area contributed by atoms with E-state index in [4.69, 9.17) is 4.74 Å². The number of methoxy groups -OCH3 is 1. The fraction of sp³-hybridized carbons (Fsp3) is 0.400. The Kier molecular flexibility index (Phi) is 5.16. The quantitative estimate of drug-likeness (QED) is 0.639. The predicted octanol–water partition coefficient (Wildman–Crippen LogP) is 2.76. The van der Waals surface area contributed by atoms with Gasteiger partial charge >= 0.3 is 0 Å². The zero-order valence-corrected chi connectivity index (χ0v) is 14.3. The lowest BCUT2D eigenvalue weighted by molar-refractivity contribution is 0.0138. The lowest BCUT2D eigenvalue weighted by atomic mass is 9.95. The summed E-state index contributed by atoms with van der Waals surface area (Å²) in [4.78, 5) is 0. The number of aromatic hydroxyl groups is 2. The van der Waals surface area contributed by atoms with Crippen LogP contribution in [0.1, 0.15) is 30.4 Å². The van der Waals surface area contributed by atoms with Crippen LogP contribution >= 0.6 is 0 Å². The highest BCUT2D eigenvalue weighted by Crippen LogP contribution is 2.42. The normalized spacial score (nSPS) is 20.9. The lowest BCUT2D eigenvalue weighted by Crippen LogP contribution is -2.27. The highest BCUT2D eigenvalue weighted by Gasteiger charge is 2.20. The summed E-state index contributed by atoms with van der Waals surface area (Å²) in [5.74, 6) is 0.393. The van der Waals surface area contributed by atoms with Crippen LogP contribution < -0.4 is 4.74 Å². The minimum atomic E-state index is -0.857. The van der Waals surface area contributed by atoms with Crippen LogP contribution in [-0.4, -0.2) is 39.7 Å². The average Bonchev–Trinajstić information content (AvgIpc) is 2.61. The minimum absolute atomic E-state index is 0.0193. The molecule has 0 spiro atoms. The monoisotopic (exact) mass is 344 g/mol. The van der Waals surface area contributed by atoms with E-state index >= 15 is 0 Å². The molecule has 0 saturated carbocycles. The number of aryl methyl sites for hydroxylation is 1. The van der Waals surface area contributed by atoms with Gasteiger partial charge in [0.2, 0.25) is 0 Å². The molecular formula is C20H24O5. The molecule has 5 nitrogen and oxygen atoms in total. The van der Waals surface area contributed by atoms with Crippen molar-refractivity contribution in [2.75, 3.05) is 7.11 Å². The van der Waals surface area contributed by atoms with E-state index in [0.717, 1.165) is 30.4 Å². The van der Waals surface area contributed by atoms with E-state index in [2.05, 4.69) is 0 Å². The van der Waals surface area contributed by atoms with Gasteiger partial charge in [-0.2, -0.15) is 0 Å². The van der Waals surface area contributed by atoms with Crippen LogP contribution in [0.3, 0.4) is 0 Å². The SMILES string of the molecule is COc1cc2cc(c1O)-c1cc(ccc1O)C[C@@H](O)[C@H](O)CCCC2. The highest BCUT2D eigenvalue weighted by atomic mass is 16.5. The Morgan fingerprint density at radius 2 is 1.68 bits per heavy atom. The smallest absolute Gasteiger partial charge is 0.165 e. The molecule has 5 heteroatoms. The van der Waals surface area contributed by atoms with Crippen molar-refractivity contribution in [3.63, 3.8) is 0 Å². The van der Waals surface area contributed by atoms with Crippen molar-refractivity contribution >= 4 is 0 Å². The predicted molar refractivity (Wildman–Crippen MR) is 95.0 cm³/mol. The van der Waals surface area contributed by atoms with Crippen molar-refractivity contribution in [3.8, 4) is 28.4 Å². The third kappa shape index (κ3) is 3.72. The number of aliphatic hydroxyl groups is 2. The molecule has 2 atom stereocenters. The number of aliphatic hydroxyl groups excluding tert-OH is 2. The van der Waals surface area contributed by atoms with Gasteiger partial charge in [-0.1, -0.05) is 12.5 Å². The molecule has 4 N–H and O–H groups in total. The van der Waals surface area contributed by atoms with E-state index in [0.29, 0.717) is 23.3 Å². The van der Waals surface area contributed by atoms with Gasteiger partial charge in [0.1, 0.15) is 5.75 Å². The number of phenols is 2. The maximum Gasteiger partial charge on any atom is 0.165 e. The number of ether oxygens (including phenoxy) is 1. The van der Waals surface area contributed by atoms with Gasteiger partial charge in [-0.05, 0) is 54.7 Å². The Morgan fingerprint density at radius 3 is 2.44 bits per heavy atom. The van der Waals surface area contributed by atoms with Crippen molar-refractivity contribution in [1.82, 2.24) is 0 Å². The van der Waals surface area contributed by atoms with E-state index in [1.807, 2.05) is 6.07 Å². The molecule has 0 amide bonds. The summed E-state index contributed by atoms with van der Waals surface area (Å²) >= 11 is 0. The van der Waals surface area contributed by atoms with Crippen LogP contribution in [0.15, 0.2) is 30.3 Å². The van der Waals surface area contributed by atoms with Gasteiger partial charge in [0.25, 0.3) is 0 Å². The molecule has 1 aliphatic carbocycles. The molecule has 2 aromatic carbocycles. The summed E-state index contributed by atoms with van der Waals surface area (Å²) < 4.78 is 5.29. The first-order chi connectivity index (χ1) is 12.0. The van der Waals surface area contributed by atoms with Crippen molar-refractivity contribution in [1.29, 1.82) is 0 Å². The molecule has 4 bridgehead atoms. The molecule has 2 aromatic rings.